The van der Waals surface area contributed by atoms with Crippen LogP contribution in [-0.4, -0.2) is 22.7 Å². The molecular weight excluding hydrogens is 442 g/mol. The van der Waals surface area contributed by atoms with E-state index in [-0.39, 0.29) is 16.3 Å². The molecule has 0 saturated carbocycles. The summed E-state index contributed by atoms with van der Waals surface area (Å²) in [7, 11) is -7.46. The largest absolute Gasteiger partial charge is 0.460 e. The first-order chi connectivity index (χ1) is 14.6. The third kappa shape index (κ3) is 6.36. The van der Waals surface area contributed by atoms with Crippen LogP contribution in [0.3, 0.4) is 0 Å². The predicted octanol–water partition coefficient (Wildman–Crippen LogP) is 2.06. The number of hydrogen-bond donors (Lipinski definition) is 3. The Labute approximate surface area is 179 Å². The van der Waals surface area contributed by atoms with Gasteiger partial charge in [-0.05, 0) is 54.6 Å². The van der Waals surface area contributed by atoms with E-state index in [1.165, 1.54) is 48.6 Å². The van der Waals surface area contributed by atoms with Crippen LogP contribution in [-0.2, 0) is 31.4 Å². The van der Waals surface area contributed by atoms with Crippen LogP contribution in [0.5, 0.6) is 0 Å². The summed E-state index contributed by atoms with van der Waals surface area (Å²) in [6, 6.07) is 16.5. The van der Waals surface area contributed by atoms with Gasteiger partial charge in [0.2, 0.25) is 26.0 Å². The number of benzene rings is 2. The molecule has 0 atom stereocenters. The molecule has 2 aromatic carbocycles. The molecule has 31 heavy (non-hydrogen) atoms. The van der Waals surface area contributed by atoms with Gasteiger partial charge in [0.15, 0.2) is 0 Å². The van der Waals surface area contributed by atoms with Gasteiger partial charge in [0.25, 0.3) is 0 Å². The second kappa shape index (κ2) is 9.27. The van der Waals surface area contributed by atoms with Crippen molar-refractivity contribution in [3.63, 3.8) is 0 Å². The molecule has 1 amide bonds. The monoisotopic (exact) mass is 461 g/mol. The van der Waals surface area contributed by atoms with E-state index in [2.05, 4.69) is 10.0 Å². The van der Waals surface area contributed by atoms with E-state index in [1.54, 1.807) is 30.3 Å². The summed E-state index contributed by atoms with van der Waals surface area (Å²) in [4.78, 5) is 12.1. The van der Waals surface area contributed by atoms with E-state index in [0.717, 1.165) is 0 Å². The number of nitrogens with one attached hydrogen (secondary N) is 2. The van der Waals surface area contributed by atoms with Crippen molar-refractivity contribution < 1.29 is 26.0 Å². The topological polar surface area (TPSA) is 149 Å². The number of nitrogens with two attached hydrogens (primary N) is 1. The molecule has 11 heteroatoms. The fourth-order valence-corrected chi connectivity index (χ4v) is 4.03. The van der Waals surface area contributed by atoms with E-state index >= 15 is 0 Å². The summed E-state index contributed by atoms with van der Waals surface area (Å²) in [5.41, 5.74) is 0.387. The highest BCUT2D eigenvalue weighted by atomic mass is 32.2. The Bertz CT molecular complexity index is 1300. The number of carbonyl (C=O) groups excluding carboxylic acids is 1. The van der Waals surface area contributed by atoms with Crippen LogP contribution >= 0.6 is 0 Å². The van der Waals surface area contributed by atoms with Gasteiger partial charge in [0, 0.05) is 11.8 Å². The van der Waals surface area contributed by atoms with Gasteiger partial charge in [0.05, 0.1) is 16.3 Å². The molecule has 9 nitrogen and oxygen atoms in total. The van der Waals surface area contributed by atoms with Gasteiger partial charge >= 0.3 is 0 Å². The molecular formula is C20H19N3O6S2. The van der Waals surface area contributed by atoms with Crippen molar-refractivity contribution in [2.75, 3.05) is 5.32 Å². The maximum absolute atomic E-state index is 12.2. The molecule has 3 aromatic rings. The molecule has 0 aliphatic heterocycles. The van der Waals surface area contributed by atoms with Crippen molar-refractivity contribution in [2.45, 2.75) is 16.3 Å². The normalized spacial score (nSPS) is 12.2. The molecule has 0 bridgehead atoms. The van der Waals surface area contributed by atoms with E-state index in [0.29, 0.717) is 17.2 Å². The molecule has 1 aromatic heterocycles. The Kier molecular flexibility index (Phi) is 6.71. The Morgan fingerprint density at radius 1 is 0.903 bits per heavy atom. The molecule has 0 fully saturated rings. The van der Waals surface area contributed by atoms with E-state index in [9.17, 15) is 21.6 Å². The number of carbonyl (C=O) groups is 1. The fraction of sp³-hybridized carbons (Fsp3) is 0.0500. The summed E-state index contributed by atoms with van der Waals surface area (Å²) >= 11 is 0. The quantitative estimate of drug-likeness (QED) is 0.437. The van der Waals surface area contributed by atoms with Crippen LogP contribution in [0, 0.1) is 0 Å². The van der Waals surface area contributed by atoms with Crippen LogP contribution in [0.1, 0.15) is 11.5 Å². The van der Waals surface area contributed by atoms with Gasteiger partial charge in [-0.2, -0.15) is 0 Å². The minimum atomic E-state index is -3.80. The Morgan fingerprint density at radius 3 is 2.23 bits per heavy atom. The molecule has 4 N–H and O–H groups in total. The van der Waals surface area contributed by atoms with Gasteiger partial charge in [0.1, 0.15) is 11.5 Å². The molecule has 0 radical (unpaired) electrons. The summed E-state index contributed by atoms with van der Waals surface area (Å²) in [6.45, 7) is -0.0480. The zero-order valence-electron chi connectivity index (χ0n) is 16.1. The number of furan rings is 1. The van der Waals surface area contributed by atoms with Crippen molar-refractivity contribution in [3.05, 3.63) is 84.3 Å². The number of anilines is 1. The highest BCUT2D eigenvalue weighted by molar-refractivity contribution is 7.89. The van der Waals surface area contributed by atoms with Crippen LogP contribution in [0.15, 0.2) is 87.0 Å². The molecule has 1 heterocycles. The minimum absolute atomic E-state index is 0.0480. The van der Waals surface area contributed by atoms with Crippen LogP contribution in [0.4, 0.5) is 5.69 Å². The second-order valence-electron chi connectivity index (χ2n) is 6.33. The lowest BCUT2D eigenvalue weighted by molar-refractivity contribution is -0.111. The Morgan fingerprint density at radius 2 is 1.58 bits per heavy atom. The Balaban J connectivity index is 1.56. The second-order valence-corrected chi connectivity index (χ2v) is 9.66. The highest BCUT2D eigenvalue weighted by Gasteiger charge is 2.14. The average Bonchev–Trinajstić information content (AvgIpc) is 3.19. The lowest BCUT2D eigenvalue weighted by Gasteiger charge is -2.04. The zero-order chi connectivity index (χ0) is 22.5. The number of hydrogen-bond acceptors (Lipinski definition) is 6. The Hall–Kier alpha value is -3.25. The van der Waals surface area contributed by atoms with E-state index < -0.39 is 26.0 Å². The van der Waals surface area contributed by atoms with E-state index in [1.807, 2.05) is 0 Å². The smallest absolute Gasteiger partial charge is 0.248 e. The molecule has 0 saturated heterocycles. The summed E-state index contributed by atoms with van der Waals surface area (Å²) in [5, 5.41) is 7.59. The number of sulfonamides is 2. The number of primary sulfonamides is 1. The molecule has 0 aliphatic carbocycles. The van der Waals surface area contributed by atoms with E-state index in [4.69, 9.17) is 9.56 Å². The predicted molar refractivity (Wildman–Crippen MR) is 115 cm³/mol. The van der Waals surface area contributed by atoms with Gasteiger partial charge < -0.3 is 9.73 Å². The van der Waals surface area contributed by atoms with Crippen molar-refractivity contribution >= 4 is 37.7 Å². The standard InChI is InChI=1S/C20H19N3O6S2/c21-30(25,26)18-11-6-15(7-12-18)23-20(24)13-10-16-8-9-17(29-16)14-22-31(27,28)19-4-2-1-3-5-19/h1-13,22H,14H2,(H,23,24)(H2,21,25,26)/b13-10+. The molecule has 0 aliphatic rings. The molecule has 162 valence electrons. The number of amides is 1. The third-order valence-corrected chi connectivity index (χ3v) is 6.37. The molecule has 0 unspecified atom stereocenters. The van der Waals surface area contributed by atoms with Crippen molar-refractivity contribution in [1.82, 2.24) is 4.72 Å². The van der Waals surface area contributed by atoms with Crippen LogP contribution < -0.4 is 15.2 Å². The zero-order valence-corrected chi connectivity index (χ0v) is 17.7. The van der Waals surface area contributed by atoms with Gasteiger partial charge in [-0.25, -0.2) is 26.7 Å². The first-order valence-corrected chi connectivity index (χ1v) is 11.9. The molecule has 3 rings (SSSR count). The van der Waals surface area contributed by atoms with Crippen molar-refractivity contribution in [3.8, 4) is 0 Å². The number of rotatable bonds is 8. The lowest BCUT2D eigenvalue weighted by atomic mass is 10.3. The van der Waals surface area contributed by atoms with Crippen molar-refractivity contribution in [2.24, 2.45) is 5.14 Å². The summed E-state index contributed by atoms with van der Waals surface area (Å²) in [5.74, 6) is 0.262. The summed E-state index contributed by atoms with van der Waals surface area (Å²) in [6.07, 6.45) is 2.65. The fourth-order valence-electron chi connectivity index (χ4n) is 2.50. The van der Waals surface area contributed by atoms with Gasteiger partial charge in [-0.1, -0.05) is 18.2 Å². The van der Waals surface area contributed by atoms with Crippen LogP contribution in [0.2, 0.25) is 0 Å². The molecule has 0 spiro atoms. The van der Waals surface area contributed by atoms with Gasteiger partial charge in [-0.3, -0.25) is 4.79 Å². The lowest BCUT2D eigenvalue weighted by Crippen LogP contribution is -2.22. The first-order valence-electron chi connectivity index (χ1n) is 8.89. The van der Waals surface area contributed by atoms with Gasteiger partial charge in [-0.15, -0.1) is 0 Å². The average molecular weight is 462 g/mol. The SMILES string of the molecule is NS(=O)(=O)c1ccc(NC(=O)/C=C/c2ccc(CNS(=O)(=O)c3ccccc3)o2)cc1. The minimum Gasteiger partial charge on any atom is -0.460 e. The maximum Gasteiger partial charge on any atom is 0.248 e. The van der Waals surface area contributed by atoms with Crippen molar-refractivity contribution in [1.29, 1.82) is 0 Å². The third-order valence-electron chi connectivity index (χ3n) is 4.02. The summed E-state index contributed by atoms with van der Waals surface area (Å²) < 4.78 is 54.8. The van der Waals surface area contributed by atoms with Crippen LogP contribution in [0.25, 0.3) is 6.08 Å². The highest BCUT2D eigenvalue weighted by Crippen LogP contribution is 2.14. The maximum atomic E-state index is 12.2. The first kappa shape index (κ1) is 22.4.